The number of nitrogens with one attached hydrogen (secondary N) is 2. The van der Waals surface area contributed by atoms with Crippen LogP contribution in [-0.4, -0.2) is 26.2 Å². The Bertz CT molecular complexity index is 777. The summed E-state index contributed by atoms with van der Waals surface area (Å²) >= 11 is 6.13. The minimum atomic E-state index is -0.355. The number of nitriles is 1. The Balaban J connectivity index is 2.04. The second-order valence-electron chi connectivity index (χ2n) is 7.93. The number of carbonyl (C=O) groups excluding carboxylic acids is 1. The van der Waals surface area contributed by atoms with E-state index in [2.05, 4.69) is 10.6 Å². The molecular formula is C24H34ClN3O3. The van der Waals surface area contributed by atoms with E-state index in [1.165, 1.54) is 65.4 Å². The first-order chi connectivity index (χ1) is 15.1. The van der Waals surface area contributed by atoms with Gasteiger partial charge < -0.3 is 20.1 Å². The zero-order valence-corrected chi connectivity index (χ0v) is 19.4. The monoisotopic (exact) mass is 447 g/mol. The number of ether oxygens (including phenoxy) is 2. The Morgan fingerprint density at radius 3 is 2.06 bits per heavy atom. The summed E-state index contributed by atoms with van der Waals surface area (Å²) in [5, 5.41) is 16.0. The first kappa shape index (κ1) is 24.9. The topological polar surface area (TPSA) is 83.4 Å². The standard InChI is InChI=1S/C24H34ClN3O3/c1-30-22-15-21(23(31-2)14-20(22)25)27-17-18(16-26)24(29)28-19-12-10-8-6-4-3-5-7-9-11-13-19/h14-15,17,19,27H,3-13H2,1-2H3,(H,28,29)/b18-17-. The van der Waals surface area contributed by atoms with E-state index in [0.717, 1.165) is 25.7 Å². The normalized spacial score (nSPS) is 16.9. The van der Waals surface area contributed by atoms with E-state index in [9.17, 15) is 10.1 Å². The van der Waals surface area contributed by atoms with Crippen LogP contribution in [0.15, 0.2) is 23.9 Å². The predicted octanol–water partition coefficient (Wildman–Crippen LogP) is 5.97. The molecule has 0 heterocycles. The van der Waals surface area contributed by atoms with Crippen molar-refractivity contribution in [1.82, 2.24) is 5.32 Å². The highest BCUT2D eigenvalue weighted by atomic mass is 35.5. The van der Waals surface area contributed by atoms with Gasteiger partial charge in [0.05, 0.1) is 24.9 Å². The van der Waals surface area contributed by atoms with Crippen LogP contribution >= 0.6 is 11.6 Å². The first-order valence-electron chi connectivity index (χ1n) is 11.2. The van der Waals surface area contributed by atoms with Crippen molar-refractivity contribution in [3.63, 3.8) is 0 Å². The maximum atomic E-state index is 12.8. The molecule has 0 bridgehead atoms. The summed E-state index contributed by atoms with van der Waals surface area (Å²) < 4.78 is 10.6. The van der Waals surface area contributed by atoms with Gasteiger partial charge >= 0.3 is 0 Å². The summed E-state index contributed by atoms with van der Waals surface area (Å²) in [6.07, 6.45) is 14.4. The molecule has 0 unspecified atom stereocenters. The van der Waals surface area contributed by atoms with Crippen molar-refractivity contribution in [2.75, 3.05) is 19.5 Å². The van der Waals surface area contributed by atoms with E-state index in [4.69, 9.17) is 21.1 Å². The lowest BCUT2D eigenvalue weighted by molar-refractivity contribution is -0.117. The van der Waals surface area contributed by atoms with E-state index < -0.39 is 0 Å². The van der Waals surface area contributed by atoms with Gasteiger partial charge in [0.2, 0.25) is 0 Å². The van der Waals surface area contributed by atoms with Crippen molar-refractivity contribution < 1.29 is 14.3 Å². The molecule has 0 radical (unpaired) electrons. The van der Waals surface area contributed by atoms with Crippen LogP contribution in [0.2, 0.25) is 5.02 Å². The predicted molar refractivity (Wildman–Crippen MR) is 125 cm³/mol. The van der Waals surface area contributed by atoms with Gasteiger partial charge in [-0.1, -0.05) is 69.4 Å². The lowest BCUT2D eigenvalue weighted by Crippen LogP contribution is -2.35. The van der Waals surface area contributed by atoms with E-state index in [1.54, 1.807) is 12.1 Å². The number of anilines is 1. The van der Waals surface area contributed by atoms with Gasteiger partial charge in [-0.2, -0.15) is 5.26 Å². The lowest BCUT2D eigenvalue weighted by atomic mass is 9.98. The number of nitrogens with zero attached hydrogens (tertiary/aromatic N) is 1. The third-order valence-corrected chi connectivity index (χ3v) is 5.95. The quantitative estimate of drug-likeness (QED) is 0.414. The van der Waals surface area contributed by atoms with E-state index in [1.807, 2.05) is 6.07 Å². The molecule has 0 atom stereocenters. The molecule has 1 saturated carbocycles. The number of halogens is 1. The number of amides is 1. The third-order valence-electron chi connectivity index (χ3n) is 5.65. The van der Waals surface area contributed by atoms with Crippen molar-refractivity contribution in [2.45, 2.75) is 76.7 Å². The van der Waals surface area contributed by atoms with Crippen molar-refractivity contribution in [3.8, 4) is 17.6 Å². The van der Waals surface area contributed by atoms with Gasteiger partial charge in [0.15, 0.2) is 0 Å². The number of methoxy groups -OCH3 is 2. The average molecular weight is 448 g/mol. The highest BCUT2D eigenvalue weighted by Crippen LogP contribution is 2.35. The fourth-order valence-corrected chi connectivity index (χ4v) is 4.07. The molecule has 0 spiro atoms. The SMILES string of the molecule is COc1cc(N/C=C(/C#N)C(=O)NC2CCCCCCCCCCC2)c(OC)cc1Cl. The van der Waals surface area contributed by atoms with Crippen LogP contribution in [0.5, 0.6) is 11.5 Å². The maximum absolute atomic E-state index is 12.8. The molecule has 2 N–H and O–H groups in total. The van der Waals surface area contributed by atoms with Crippen molar-refractivity contribution in [2.24, 2.45) is 0 Å². The molecule has 1 aromatic carbocycles. The van der Waals surface area contributed by atoms with Gasteiger partial charge in [-0.05, 0) is 12.8 Å². The molecule has 1 fully saturated rings. The molecule has 2 rings (SSSR count). The van der Waals surface area contributed by atoms with Crippen LogP contribution in [-0.2, 0) is 4.79 Å². The van der Waals surface area contributed by atoms with Crippen LogP contribution in [0, 0.1) is 11.3 Å². The number of hydrogen-bond donors (Lipinski definition) is 2. The summed E-state index contributed by atoms with van der Waals surface area (Å²) in [5.74, 6) is 0.598. The van der Waals surface area contributed by atoms with Crippen LogP contribution in [0.25, 0.3) is 0 Å². The highest BCUT2D eigenvalue weighted by Gasteiger charge is 2.17. The van der Waals surface area contributed by atoms with Crippen LogP contribution in [0.1, 0.15) is 70.6 Å². The van der Waals surface area contributed by atoms with Crippen molar-refractivity contribution in [1.29, 1.82) is 5.26 Å². The number of hydrogen-bond acceptors (Lipinski definition) is 5. The van der Waals surface area contributed by atoms with Gasteiger partial charge in [-0.25, -0.2) is 0 Å². The molecule has 31 heavy (non-hydrogen) atoms. The molecular weight excluding hydrogens is 414 g/mol. The Kier molecular flexibility index (Phi) is 11.1. The first-order valence-corrected chi connectivity index (χ1v) is 11.6. The zero-order chi connectivity index (χ0) is 22.5. The Morgan fingerprint density at radius 2 is 1.55 bits per heavy atom. The van der Waals surface area contributed by atoms with Gasteiger partial charge in [0.1, 0.15) is 23.1 Å². The van der Waals surface area contributed by atoms with Crippen molar-refractivity contribution in [3.05, 3.63) is 28.9 Å². The average Bonchev–Trinajstić information content (AvgIpc) is 2.76. The molecule has 1 amide bonds. The molecule has 7 heteroatoms. The maximum Gasteiger partial charge on any atom is 0.263 e. The number of benzene rings is 1. The van der Waals surface area contributed by atoms with Gasteiger partial charge in [-0.3, -0.25) is 4.79 Å². The zero-order valence-electron chi connectivity index (χ0n) is 18.6. The van der Waals surface area contributed by atoms with Crippen LogP contribution in [0.4, 0.5) is 5.69 Å². The van der Waals surface area contributed by atoms with Gasteiger partial charge in [-0.15, -0.1) is 0 Å². The molecule has 0 saturated heterocycles. The number of carbonyl (C=O) groups is 1. The summed E-state index contributed by atoms with van der Waals surface area (Å²) in [4.78, 5) is 12.8. The minimum absolute atomic E-state index is 0.0158. The molecule has 6 nitrogen and oxygen atoms in total. The molecule has 1 aliphatic rings. The fourth-order valence-electron chi connectivity index (χ4n) is 3.84. The van der Waals surface area contributed by atoms with Crippen LogP contribution < -0.4 is 20.1 Å². The summed E-state index contributed by atoms with van der Waals surface area (Å²) in [5.41, 5.74) is 0.567. The molecule has 0 aliphatic heterocycles. The Morgan fingerprint density at radius 1 is 1.00 bits per heavy atom. The molecule has 1 aliphatic carbocycles. The van der Waals surface area contributed by atoms with E-state index in [-0.39, 0.29) is 17.5 Å². The lowest BCUT2D eigenvalue weighted by Gasteiger charge is -2.19. The Labute approximate surface area is 190 Å². The van der Waals surface area contributed by atoms with E-state index in [0.29, 0.717) is 22.2 Å². The molecule has 1 aromatic rings. The van der Waals surface area contributed by atoms with Gasteiger partial charge in [0, 0.05) is 24.4 Å². The summed E-state index contributed by atoms with van der Waals surface area (Å²) in [7, 11) is 3.04. The second-order valence-corrected chi connectivity index (χ2v) is 8.34. The summed E-state index contributed by atoms with van der Waals surface area (Å²) in [6, 6.07) is 5.38. The van der Waals surface area contributed by atoms with E-state index >= 15 is 0 Å². The third kappa shape index (κ3) is 8.34. The Hall–Kier alpha value is -2.39. The number of rotatable bonds is 6. The summed E-state index contributed by atoms with van der Waals surface area (Å²) in [6.45, 7) is 0. The highest BCUT2D eigenvalue weighted by molar-refractivity contribution is 6.32. The molecule has 0 aromatic heterocycles. The largest absolute Gasteiger partial charge is 0.495 e. The minimum Gasteiger partial charge on any atom is -0.495 e. The smallest absolute Gasteiger partial charge is 0.263 e. The van der Waals surface area contributed by atoms with Crippen LogP contribution in [0.3, 0.4) is 0 Å². The van der Waals surface area contributed by atoms with Crippen molar-refractivity contribution >= 4 is 23.2 Å². The second kappa shape index (κ2) is 13.8. The molecule has 170 valence electrons. The van der Waals surface area contributed by atoms with Gasteiger partial charge in [0.25, 0.3) is 5.91 Å². The fraction of sp³-hybridized carbons (Fsp3) is 0.583.